The molecule has 70 valence electrons. The lowest BCUT2D eigenvalue weighted by Crippen LogP contribution is -2.22. The van der Waals surface area contributed by atoms with E-state index in [0.717, 1.165) is 5.82 Å². The van der Waals surface area contributed by atoms with E-state index in [1.54, 1.807) is 0 Å². The molecule has 0 aromatic carbocycles. The molecule has 4 nitrogen and oxygen atoms in total. The van der Waals surface area contributed by atoms with Crippen molar-refractivity contribution in [1.82, 2.24) is 9.97 Å². The molecule has 13 heavy (non-hydrogen) atoms. The van der Waals surface area contributed by atoms with E-state index in [-0.39, 0.29) is 0 Å². The SMILES string of the molecule is CN(c1ncnc(Cl)c1N)C1CC1. The van der Waals surface area contributed by atoms with Gasteiger partial charge in [-0.3, -0.25) is 0 Å². The molecule has 0 atom stereocenters. The maximum absolute atomic E-state index is 5.78. The number of nitrogens with two attached hydrogens (primary N) is 1. The summed E-state index contributed by atoms with van der Waals surface area (Å²) < 4.78 is 0. The number of halogens is 1. The highest BCUT2D eigenvalue weighted by atomic mass is 35.5. The highest BCUT2D eigenvalue weighted by molar-refractivity contribution is 6.32. The molecule has 0 spiro atoms. The molecule has 2 N–H and O–H groups in total. The Balaban J connectivity index is 2.32. The quantitative estimate of drug-likeness (QED) is 0.729. The summed E-state index contributed by atoms with van der Waals surface area (Å²) in [5.41, 5.74) is 6.22. The first-order valence-corrected chi connectivity index (χ1v) is 4.56. The smallest absolute Gasteiger partial charge is 0.157 e. The predicted molar refractivity (Wildman–Crippen MR) is 52.9 cm³/mol. The Morgan fingerprint density at radius 1 is 1.54 bits per heavy atom. The van der Waals surface area contributed by atoms with E-state index in [0.29, 0.717) is 16.9 Å². The number of aromatic nitrogens is 2. The van der Waals surface area contributed by atoms with Crippen LogP contribution in [0.2, 0.25) is 5.15 Å². The van der Waals surface area contributed by atoms with E-state index < -0.39 is 0 Å². The summed E-state index contributed by atoms with van der Waals surface area (Å²) in [6, 6.07) is 0.577. The van der Waals surface area contributed by atoms with E-state index >= 15 is 0 Å². The molecule has 1 aliphatic carbocycles. The molecule has 5 heteroatoms. The van der Waals surface area contributed by atoms with Gasteiger partial charge in [-0.05, 0) is 12.8 Å². The largest absolute Gasteiger partial charge is 0.393 e. The van der Waals surface area contributed by atoms with Crippen LogP contribution in [-0.4, -0.2) is 23.1 Å². The van der Waals surface area contributed by atoms with Gasteiger partial charge in [0.05, 0.1) is 0 Å². The molecule has 1 saturated carbocycles. The molecule has 0 unspecified atom stereocenters. The molecular formula is C8H11ClN4. The minimum atomic E-state index is 0.331. The highest BCUT2D eigenvalue weighted by Crippen LogP contribution is 2.33. The Labute approximate surface area is 81.7 Å². The standard InChI is InChI=1S/C8H11ClN4/c1-13(5-2-3-5)8-6(10)7(9)11-4-12-8/h4-5H,2-3,10H2,1H3. The Kier molecular flexibility index (Phi) is 2.00. The molecule has 1 fully saturated rings. The zero-order valence-corrected chi connectivity index (χ0v) is 8.12. The molecule has 1 heterocycles. The van der Waals surface area contributed by atoms with Crippen LogP contribution in [0.3, 0.4) is 0 Å². The molecule has 2 rings (SSSR count). The molecule has 1 aromatic heterocycles. The topological polar surface area (TPSA) is 55.0 Å². The first-order chi connectivity index (χ1) is 6.20. The maximum atomic E-state index is 5.78. The van der Waals surface area contributed by atoms with Gasteiger partial charge in [0, 0.05) is 13.1 Å². The first-order valence-electron chi connectivity index (χ1n) is 4.19. The summed E-state index contributed by atoms with van der Waals surface area (Å²) in [4.78, 5) is 9.97. The fraction of sp³-hybridized carbons (Fsp3) is 0.500. The molecule has 0 amide bonds. The number of nitrogen functional groups attached to an aromatic ring is 1. The minimum Gasteiger partial charge on any atom is -0.393 e. The van der Waals surface area contributed by atoms with Gasteiger partial charge in [-0.15, -0.1) is 0 Å². The normalized spacial score (nSPS) is 15.8. The van der Waals surface area contributed by atoms with Gasteiger partial charge in [-0.25, -0.2) is 9.97 Å². The molecule has 0 radical (unpaired) electrons. The monoisotopic (exact) mass is 198 g/mol. The van der Waals surface area contributed by atoms with Crippen LogP contribution in [0.15, 0.2) is 6.33 Å². The van der Waals surface area contributed by atoms with Crippen molar-refractivity contribution in [2.24, 2.45) is 0 Å². The third-order valence-corrected chi connectivity index (χ3v) is 2.54. The van der Waals surface area contributed by atoms with Gasteiger partial charge in [0.1, 0.15) is 12.0 Å². The van der Waals surface area contributed by atoms with Gasteiger partial charge in [0.15, 0.2) is 11.0 Å². The average molecular weight is 199 g/mol. The zero-order valence-electron chi connectivity index (χ0n) is 7.37. The van der Waals surface area contributed by atoms with Gasteiger partial charge in [0.2, 0.25) is 0 Å². The van der Waals surface area contributed by atoms with Crippen molar-refractivity contribution in [2.75, 3.05) is 17.7 Å². The Hall–Kier alpha value is -1.03. The van der Waals surface area contributed by atoms with Crippen molar-refractivity contribution < 1.29 is 0 Å². The second kappa shape index (κ2) is 3.03. The van der Waals surface area contributed by atoms with E-state index in [2.05, 4.69) is 14.9 Å². The molecule has 1 aromatic rings. The van der Waals surface area contributed by atoms with Crippen LogP contribution in [0.4, 0.5) is 11.5 Å². The lowest BCUT2D eigenvalue weighted by Gasteiger charge is -2.18. The summed E-state index contributed by atoms with van der Waals surface area (Å²) >= 11 is 5.78. The Bertz CT molecular complexity index is 324. The summed E-state index contributed by atoms with van der Waals surface area (Å²) in [6.07, 6.45) is 3.85. The fourth-order valence-electron chi connectivity index (χ4n) is 1.28. The van der Waals surface area contributed by atoms with E-state index in [1.165, 1.54) is 19.2 Å². The summed E-state index contributed by atoms with van der Waals surface area (Å²) in [5, 5.41) is 0.331. The number of nitrogens with zero attached hydrogens (tertiary/aromatic N) is 3. The highest BCUT2D eigenvalue weighted by Gasteiger charge is 2.28. The van der Waals surface area contributed by atoms with E-state index in [4.69, 9.17) is 17.3 Å². The molecule has 0 bridgehead atoms. The number of anilines is 2. The lowest BCUT2D eigenvalue weighted by molar-refractivity contribution is 0.888. The summed E-state index contributed by atoms with van der Waals surface area (Å²) in [7, 11) is 1.98. The molecular weight excluding hydrogens is 188 g/mol. The van der Waals surface area contributed by atoms with Crippen LogP contribution < -0.4 is 10.6 Å². The molecule has 0 saturated heterocycles. The van der Waals surface area contributed by atoms with Crippen LogP contribution in [0.25, 0.3) is 0 Å². The second-order valence-corrected chi connectivity index (χ2v) is 3.60. The van der Waals surface area contributed by atoms with Crippen molar-refractivity contribution in [1.29, 1.82) is 0 Å². The van der Waals surface area contributed by atoms with Gasteiger partial charge < -0.3 is 10.6 Å². The van der Waals surface area contributed by atoms with Crippen molar-refractivity contribution in [3.8, 4) is 0 Å². The van der Waals surface area contributed by atoms with Crippen LogP contribution in [-0.2, 0) is 0 Å². The Morgan fingerprint density at radius 3 is 2.85 bits per heavy atom. The third-order valence-electron chi connectivity index (χ3n) is 2.24. The van der Waals surface area contributed by atoms with Gasteiger partial charge >= 0.3 is 0 Å². The van der Waals surface area contributed by atoms with Gasteiger partial charge in [0.25, 0.3) is 0 Å². The summed E-state index contributed by atoms with van der Waals surface area (Å²) in [5.74, 6) is 0.738. The number of hydrogen-bond acceptors (Lipinski definition) is 4. The van der Waals surface area contributed by atoms with Gasteiger partial charge in [-0.2, -0.15) is 0 Å². The first kappa shape index (κ1) is 8.56. The minimum absolute atomic E-state index is 0.331. The van der Waals surface area contributed by atoms with Gasteiger partial charge in [-0.1, -0.05) is 11.6 Å². The van der Waals surface area contributed by atoms with E-state index in [9.17, 15) is 0 Å². The zero-order chi connectivity index (χ0) is 9.42. The van der Waals surface area contributed by atoms with Crippen molar-refractivity contribution >= 4 is 23.1 Å². The number of rotatable bonds is 2. The Morgan fingerprint density at radius 2 is 2.23 bits per heavy atom. The van der Waals surface area contributed by atoms with Crippen molar-refractivity contribution in [3.63, 3.8) is 0 Å². The fourth-order valence-corrected chi connectivity index (χ4v) is 1.41. The van der Waals surface area contributed by atoms with Crippen LogP contribution in [0.1, 0.15) is 12.8 Å². The van der Waals surface area contributed by atoms with Crippen molar-refractivity contribution in [3.05, 3.63) is 11.5 Å². The summed E-state index contributed by atoms with van der Waals surface area (Å²) in [6.45, 7) is 0. The second-order valence-electron chi connectivity index (χ2n) is 3.24. The lowest BCUT2D eigenvalue weighted by atomic mass is 10.4. The van der Waals surface area contributed by atoms with Crippen LogP contribution in [0.5, 0.6) is 0 Å². The van der Waals surface area contributed by atoms with E-state index in [1.807, 2.05) is 7.05 Å². The average Bonchev–Trinajstić information content (AvgIpc) is 2.91. The predicted octanol–water partition coefficient (Wildman–Crippen LogP) is 1.31. The van der Waals surface area contributed by atoms with Crippen LogP contribution >= 0.6 is 11.6 Å². The maximum Gasteiger partial charge on any atom is 0.157 e. The van der Waals surface area contributed by atoms with Crippen molar-refractivity contribution in [2.45, 2.75) is 18.9 Å². The van der Waals surface area contributed by atoms with Crippen LogP contribution in [0, 0.1) is 0 Å². The number of hydrogen-bond donors (Lipinski definition) is 1. The molecule has 1 aliphatic rings. The molecule has 0 aliphatic heterocycles. The third kappa shape index (κ3) is 1.54.